The number of rotatable bonds is 5. The molecule has 0 aromatic heterocycles. The van der Waals surface area contributed by atoms with Gasteiger partial charge in [-0.2, -0.15) is 0 Å². The summed E-state index contributed by atoms with van der Waals surface area (Å²) in [6, 6.07) is 15.9. The van der Waals surface area contributed by atoms with Crippen molar-refractivity contribution in [2.45, 2.75) is 33.4 Å². The average Bonchev–Trinajstić information content (AvgIpc) is 2.51. The van der Waals surface area contributed by atoms with Crippen LogP contribution in [0.25, 0.3) is 0 Å². The SMILES string of the molecule is Cc1ccc(CN(C)C(=O)[C@@H](C)Oc2ccccc2C)cc1. The van der Waals surface area contributed by atoms with Gasteiger partial charge in [0.15, 0.2) is 6.10 Å². The van der Waals surface area contributed by atoms with E-state index < -0.39 is 6.10 Å². The van der Waals surface area contributed by atoms with Crippen LogP contribution in [-0.2, 0) is 11.3 Å². The molecule has 0 aliphatic carbocycles. The highest BCUT2D eigenvalue weighted by molar-refractivity contribution is 5.80. The van der Waals surface area contributed by atoms with Gasteiger partial charge in [0.1, 0.15) is 5.75 Å². The van der Waals surface area contributed by atoms with Crippen LogP contribution < -0.4 is 4.74 Å². The summed E-state index contributed by atoms with van der Waals surface area (Å²) in [7, 11) is 1.81. The summed E-state index contributed by atoms with van der Waals surface area (Å²) in [5.74, 6) is 0.732. The normalized spacial score (nSPS) is 11.8. The molecule has 0 saturated heterocycles. The van der Waals surface area contributed by atoms with Crippen LogP contribution in [0.5, 0.6) is 5.75 Å². The molecule has 0 saturated carbocycles. The Morgan fingerprint density at radius 3 is 2.36 bits per heavy atom. The quantitative estimate of drug-likeness (QED) is 0.841. The summed E-state index contributed by atoms with van der Waals surface area (Å²) < 4.78 is 5.79. The second kappa shape index (κ2) is 7.12. The third-order valence-electron chi connectivity index (χ3n) is 3.66. The second-order valence-electron chi connectivity index (χ2n) is 5.71. The first kappa shape index (κ1) is 16.1. The van der Waals surface area contributed by atoms with E-state index in [9.17, 15) is 4.79 Å². The number of nitrogens with zero attached hydrogens (tertiary/aromatic N) is 1. The molecule has 22 heavy (non-hydrogen) atoms. The van der Waals surface area contributed by atoms with Crippen LogP contribution in [0.15, 0.2) is 48.5 Å². The smallest absolute Gasteiger partial charge is 0.263 e. The first-order valence-corrected chi connectivity index (χ1v) is 7.50. The lowest BCUT2D eigenvalue weighted by atomic mass is 10.1. The van der Waals surface area contributed by atoms with E-state index in [-0.39, 0.29) is 5.91 Å². The van der Waals surface area contributed by atoms with E-state index in [1.807, 2.05) is 43.3 Å². The fourth-order valence-corrected chi connectivity index (χ4v) is 2.29. The van der Waals surface area contributed by atoms with Crippen molar-refractivity contribution in [3.8, 4) is 5.75 Å². The maximum Gasteiger partial charge on any atom is 0.263 e. The fraction of sp³-hybridized carbons (Fsp3) is 0.316. The van der Waals surface area contributed by atoms with E-state index >= 15 is 0 Å². The summed E-state index contributed by atoms with van der Waals surface area (Å²) >= 11 is 0. The van der Waals surface area contributed by atoms with Gasteiger partial charge in [-0.05, 0) is 38.0 Å². The number of likely N-dealkylation sites (N-methyl/N-ethyl adjacent to an activating group) is 1. The molecule has 2 rings (SSSR count). The van der Waals surface area contributed by atoms with E-state index in [1.54, 1.807) is 18.9 Å². The molecule has 0 bridgehead atoms. The zero-order valence-electron chi connectivity index (χ0n) is 13.7. The van der Waals surface area contributed by atoms with Crippen LogP contribution in [0.1, 0.15) is 23.6 Å². The molecule has 3 heteroatoms. The van der Waals surface area contributed by atoms with Crippen LogP contribution in [0.2, 0.25) is 0 Å². The molecule has 0 aliphatic heterocycles. The monoisotopic (exact) mass is 297 g/mol. The van der Waals surface area contributed by atoms with Gasteiger partial charge in [0.05, 0.1) is 0 Å². The van der Waals surface area contributed by atoms with Crippen molar-refractivity contribution in [3.05, 3.63) is 65.2 Å². The van der Waals surface area contributed by atoms with Crippen LogP contribution in [0, 0.1) is 13.8 Å². The summed E-state index contributed by atoms with van der Waals surface area (Å²) in [6.07, 6.45) is -0.503. The van der Waals surface area contributed by atoms with E-state index in [0.717, 1.165) is 16.9 Å². The van der Waals surface area contributed by atoms with Gasteiger partial charge in [0.25, 0.3) is 5.91 Å². The molecule has 0 unspecified atom stereocenters. The summed E-state index contributed by atoms with van der Waals surface area (Å²) in [6.45, 7) is 6.40. The molecular weight excluding hydrogens is 274 g/mol. The highest BCUT2D eigenvalue weighted by Crippen LogP contribution is 2.18. The van der Waals surface area contributed by atoms with Crippen molar-refractivity contribution < 1.29 is 9.53 Å². The fourth-order valence-electron chi connectivity index (χ4n) is 2.29. The third kappa shape index (κ3) is 4.10. The van der Waals surface area contributed by atoms with E-state index in [2.05, 4.69) is 19.1 Å². The van der Waals surface area contributed by atoms with Gasteiger partial charge < -0.3 is 9.64 Å². The van der Waals surface area contributed by atoms with Gasteiger partial charge in [0.2, 0.25) is 0 Å². The van der Waals surface area contributed by atoms with Crippen LogP contribution in [-0.4, -0.2) is 24.0 Å². The van der Waals surface area contributed by atoms with Gasteiger partial charge in [-0.3, -0.25) is 4.79 Å². The Morgan fingerprint density at radius 1 is 1.09 bits per heavy atom. The number of carbonyl (C=O) groups excluding carboxylic acids is 1. The van der Waals surface area contributed by atoms with Crippen molar-refractivity contribution in [3.63, 3.8) is 0 Å². The van der Waals surface area contributed by atoms with E-state index in [4.69, 9.17) is 4.74 Å². The molecule has 2 aromatic carbocycles. The number of hydrogen-bond donors (Lipinski definition) is 0. The lowest BCUT2D eigenvalue weighted by Crippen LogP contribution is -2.37. The van der Waals surface area contributed by atoms with Crippen molar-refractivity contribution >= 4 is 5.91 Å². The van der Waals surface area contributed by atoms with Gasteiger partial charge in [-0.25, -0.2) is 0 Å². The average molecular weight is 297 g/mol. The number of carbonyl (C=O) groups is 1. The van der Waals surface area contributed by atoms with Gasteiger partial charge in [0, 0.05) is 13.6 Å². The Morgan fingerprint density at radius 2 is 1.73 bits per heavy atom. The van der Waals surface area contributed by atoms with E-state index in [0.29, 0.717) is 6.54 Å². The Balaban J connectivity index is 1.97. The number of aryl methyl sites for hydroxylation is 2. The molecule has 2 aromatic rings. The lowest BCUT2D eigenvalue weighted by Gasteiger charge is -2.23. The second-order valence-corrected chi connectivity index (χ2v) is 5.71. The third-order valence-corrected chi connectivity index (χ3v) is 3.66. The minimum absolute atomic E-state index is 0.0242. The molecular formula is C19H23NO2. The Hall–Kier alpha value is -2.29. The number of ether oxygens (including phenoxy) is 1. The topological polar surface area (TPSA) is 29.5 Å². The van der Waals surface area contributed by atoms with Crippen LogP contribution in [0.4, 0.5) is 0 Å². The maximum absolute atomic E-state index is 12.4. The molecule has 0 aliphatic rings. The number of hydrogen-bond acceptors (Lipinski definition) is 2. The standard InChI is InChI=1S/C19H23NO2/c1-14-9-11-17(12-10-14)13-20(4)19(21)16(3)22-18-8-6-5-7-15(18)2/h5-12,16H,13H2,1-4H3/t16-/m1/s1. The Bertz CT molecular complexity index is 634. The number of para-hydroxylation sites is 1. The molecule has 0 radical (unpaired) electrons. The molecule has 1 atom stereocenters. The Labute approximate surface area is 132 Å². The molecule has 3 nitrogen and oxygen atoms in total. The molecule has 0 fully saturated rings. The zero-order chi connectivity index (χ0) is 16.1. The highest BCUT2D eigenvalue weighted by Gasteiger charge is 2.19. The Kier molecular flexibility index (Phi) is 5.21. The van der Waals surface area contributed by atoms with Crippen molar-refractivity contribution in [1.82, 2.24) is 4.90 Å². The minimum Gasteiger partial charge on any atom is -0.481 e. The summed E-state index contributed by atoms with van der Waals surface area (Å²) in [5.41, 5.74) is 3.36. The van der Waals surface area contributed by atoms with Gasteiger partial charge in [-0.15, -0.1) is 0 Å². The van der Waals surface area contributed by atoms with Crippen LogP contribution in [0.3, 0.4) is 0 Å². The molecule has 0 N–H and O–H groups in total. The number of benzene rings is 2. The lowest BCUT2D eigenvalue weighted by molar-refractivity contribution is -0.137. The predicted molar refractivity (Wildman–Crippen MR) is 88.9 cm³/mol. The van der Waals surface area contributed by atoms with Crippen LogP contribution >= 0.6 is 0 Å². The van der Waals surface area contributed by atoms with Crippen molar-refractivity contribution in [2.24, 2.45) is 0 Å². The first-order valence-electron chi connectivity index (χ1n) is 7.50. The highest BCUT2D eigenvalue weighted by atomic mass is 16.5. The summed E-state index contributed by atoms with van der Waals surface area (Å²) in [5, 5.41) is 0. The molecule has 0 spiro atoms. The molecule has 1 amide bonds. The minimum atomic E-state index is -0.503. The predicted octanol–water partition coefficient (Wildman–Crippen LogP) is 3.73. The maximum atomic E-state index is 12.4. The zero-order valence-corrected chi connectivity index (χ0v) is 13.7. The van der Waals surface area contributed by atoms with E-state index in [1.165, 1.54) is 5.56 Å². The summed E-state index contributed by atoms with van der Waals surface area (Å²) in [4.78, 5) is 14.1. The van der Waals surface area contributed by atoms with Crippen molar-refractivity contribution in [2.75, 3.05) is 7.05 Å². The first-order chi connectivity index (χ1) is 10.5. The molecule has 0 heterocycles. The van der Waals surface area contributed by atoms with Gasteiger partial charge >= 0.3 is 0 Å². The number of amides is 1. The van der Waals surface area contributed by atoms with Gasteiger partial charge in [-0.1, -0.05) is 48.0 Å². The van der Waals surface area contributed by atoms with Crippen molar-refractivity contribution in [1.29, 1.82) is 0 Å². The molecule has 116 valence electrons. The largest absolute Gasteiger partial charge is 0.481 e.